The molecule has 1 N–H and O–H groups in total. The molecule has 1 heteroatoms. The lowest BCUT2D eigenvalue weighted by molar-refractivity contribution is -0.127. The van der Waals surface area contributed by atoms with Crippen LogP contribution in [-0.2, 0) is 0 Å². The Morgan fingerprint density at radius 2 is 1.57 bits per heavy atom. The molecule has 4 fully saturated rings. The highest BCUT2D eigenvalue weighted by Crippen LogP contribution is 2.67. The van der Waals surface area contributed by atoms with Crippen molar-refractivity contribution in [1.82, 2.24) is 0 Å². The van der Waals surface area contributed by atoms with E-state index in [4.69, 9.17) is 0 Å². The Hall–Kier alpha value is -0.0400. The summed E-state index contributed by atoms with van der Waals surface area (Å²) in [6.45, 7) is 12.6. The summed E-state index contributed by atoms with van der Waals surface area (Å²) in [4.78, 5) is 0. The van der Waals surface area contributed by atoms with Gasteiger partial charge < -0.3 is 5.11 Å². The highest BCUT2D eigenvalue weighted by molar-refractivity contribution is 5.09. The first-order valence-electron chi connectivity index (χ1n) is 12.9. The lowest BCUT2D eigenvalue weighted by Gasteiger charge is -2.61. The molecule has 4 saturated carbocycles. The van der Waals surface area contributed by atoms with Crippen LogP contribution in [0.2, 0.25) is 0 Å². The molecule has 4 aliphatic carbocycles. The molecule has 0 aliphatic heterocycles. The van der Waals surface area contributed by atoms with Crippen molar-refractivity contribution in [3.05, 3.63) is 0 Å². The van der Waals surface area contributed by atoms with Crippen LogP contribution in [0.15, 0.2) is 0 Å². The summed E-state index contributed by atoms with van der Waals surface area (Å²) >= 11 is 0. The van der Waals surface area contributed by atoms with E-state index in [2.05, 4.69) is 34.6 Å². The maximum absolute atomic E-state index is 10.2. The molecule has 0 aromatic carbocycles. The van der Waals surface area contributed by atoms with Crippen LogP contribution in [0.4, 0.5) is 0 Å². The van der Waals surface area contributed by atoms with Gasteiger partial charge in [-0.3, -0.25) is 0 Å². The molecule has 28 heavy (non-hydrogen) atoms. The van der Waals surface area contributed by atoms with E-state index >= 15 is 0 Å². The number of hydrogen-bond acceptors (Lipinski definition) is 1. The Bertz CT molecular complexity index is 540. The fraction of sp³-hybridized carbons (Fsp3) is 1.00. The lowest BCUT2D eigenvalue weighted by Crippen LogP contribution is -2.53. The maximum atomic E-state index is 10.2. The average Bonchev–Trinajstić information content (AvgIpc) is 2.99. The summed E-state index contributed by atoms with van der Waals surface area (Å²) in [5, 5.41) is 10.2. The Morgan fingerprint density at radius 3 is 2.32 bits per heavy atom. The predicted octanol–water partition coefficient (Wildman–Crippen LogP) is 7.47. The fourth-order valence-electron chi connectivity index (χ4n) is 8.84. The maximum Gasteiger partial charge on any atom is 0.0543 e. The number of rotatable bonds is 5. The number of aliphatic hydroxyl groups is 1. The van der Waals surface area contributed by atoms with Crippen molar-refractivity contribution < 1.29 is 5.11 Å². The molecular weight excluding hydrogens is 340 g/mol. The van der Waals surface area contributed by atoms with Gasteiger partial charge in [-0.15, -0.1) is 0 Å². The Kier molecular flexibility index (Phi) is 5.98. The monoisotopic (exact) mass is 388 g/mol. The largest absolute Gasteiger partial charge is 0.393 e. The first-order valence-corrected chi connectivity index (χ1v) is 12.9. The molecular formula is C27H48O. The van der Waals surface area contributed by atoms with Gasteiger partial charge >= 0.3 is 0 Å². The molecule has 0 heterocycles. The van der Waals surface area contributed by atoms with Crippen LogP contribution in [0.5, 0.6) is 0 Å². The van der Waals surface area contributed by atoms with E-state index in [0.717, 1.165) is 54.3 Å². The van der Waals surface area contributed by atoms with Crippen molar-refractivity contribution in [2.45, 2.75) is 118 Å². The summed E-state index contributed by atoms with van der Waals surface area (Å²) in [5.41, 5.74) is 1.17. The zero-order valence-electron chi connectivity index (χ0n) is 19.6. The van der Waals surface area contributed by atoms with Gasteiger partial charge in [0.15, 0.2) is 0 Å². The molecule has 1 nitrogen and oxygen atoms in total. The van der Waals surface area contributed by atoms with Gasteiger partial charge in [0.05, 0.1) is 6.10 Å². The number of fused-ring (bicyclic) bond motifs is 5. The SMILES string of the molecule is CC(C)[C@@H](C)CCC[C@H]1CC[C@H]2[C@@H]3CC[C@H]4C[C@@H](O)CC[C@]4(C)[C@H]3CC[C@]12C. The van der Waals surface area contributed by atoms with Gasteiger partial charge in [0, 0.05) is 0 Å². The number of hydrogen-bond donors (Lipinski definition) is 1. The minimum atomic E-state index is -0.00688. The van der Waals surface area contributed by atoms with Crippen LogP contribution in [0.1, 0.15) is 112 Å². The van der Waals surface area contributed by atoms with Crippen LogP contribution in [0.25, 0.3) is 0 Å². The fourth-order valence-corrected chi connectivity index (χ4v) is 8.84. The van der Waals surface area contributed by atoms with Gasteiger partial charge in [-0.05, 0) is 116 Å². The van der Waals surface area contributed by atoms with E-state index in [0.29, 0.717) is 10.8 Å². The normalized spacial score (nSPS) is 49.4. The average molecular weight is 389 g/mol. The molecule has 0 aromatic rings. The molecule has 0 aromatic heterocycles. The third-order valence-electron chi connectivity index (χ3n) is 11.2. The zero-order chi connectivity index (χ0) is 20.1. The van der Waals surface area contributed by atoms with Crippen LogP contribution in [0.3, 0.4) is 0 Å². The van der Waals surface area contributed by atoms with Gasteiger partial charge in [-0.2, -0.15) is 0 Å². The molecule has 0 bridgehead atoms. The summed E-state index contributed by atoms with van der Waals surface area (Å²) in [7, 11) is 0. The van der Waals surface area contributed by atoms with Crippen molar-refractivity contribution in [2.75, 3.05) is 0 Å². The summed E-state index contributed by atoms with van der Waals surface area (Å²) in [6.07, 6.45) is 16.7. The second-order valence-electron chi connectivity index (χ2n) is 12.6. The standard InChI is InChI=1S/C27H48O/c1-18(2)19(3)7-6-8-20-10-12-24-23-11-9-21-17-22(28)13-15-27(21,5)25(23)14-16-26(20,24)4/h18-25,28H,6-17H2,1-5H3/t19-,20-,21-,22-,23-,24-,25-,26+,27-/m0/s1. The van der Waals surface area contributed by atoms with Crippen molar-refractivity contribution >= 4 is 0 Å². The van der Waals surface area contributed by atoms with E-state index in [9.17, 15) is 5.11 Å². The Balaban J connectivity index is 1.42. The molecule has 4 rings (SSSR count). The summed E-state index contributed by atoms with van der Waals surface area (Å²) in [6, 6.07) is 0. The first kappa shape index (κ1) is 21.2. The van der Waals surface area contributed by atoms with Crippen LogP contribution < -0.4 is 0 Å². The van der Waals surface area contributed by atoms with Gasteiger partial charge in [-0.25, -0.2) is 0 Å². The minimum Gasteiger partial charge on any atom is -0.393 e. The third kappa shape index (κ3) is 3.50. The molecule has 4 aliphatic rings. The quantitative estimate of drug-likeness (QED) is 0.518. The molecule has 0 radical (unpaired) electrons. The predicted molar refractivity (Wildman–Crippen MR) is 119 cm³/mol. The highest BCUT2D eigenvalue weighted by Gasteiger charge is 2.59. The van der Waals surface area contributed by atoms with Crippen LogP contribution >= 0.6 is 0 Å². The molecule has 162 valence electrons. The van der Waals surface area contributed by atoms with E-state index in [1.807, 2.05) is 0 Å². The Morgan fingerprint density at radius 1 is 0.857 bits per heavy atom. The van der Waals surface area contributed by atoms with Crippen molar-refractivity contribution in [1.29, 1.82) is 0 Å². The zero-order valence-corrected chi connectivity index (χ0v) is 19.6. The van der Waals surface area contributed by atoms with Gasteiger partial charge in [-0.1, -0.05) is 47.5 Å². The highest BCUT2D eigenvalue weighted by atomic mass is 16.3. The van der Waals surface area contributed by atoms with Crippen LogP contribution in [-0.4, -0.2) is 11.2 Å². The number of aliphatic hydroxyl groups excluding tert-OH is 1. The Labute approximate surface area is 175 Å². The van der Waals surface area contributed by atoms with Gasteiger partial charge in [0.25, 0.3) is 0 Å². The van der Waals surface area contributed by atoms with Crippen molar-refractivity contribution in [3.8, 4) is 0 Å². The van der Waals surface area contributed by atoms with Gasteiger partial charge in [0.2, 0.25) is 0 Å². The topological polar surface area (TPSA) is 20.2 Å². The van der Waals surface area contributed by atoms with Crippen molar-refractivity contribution in [2.24, 2.45) is 52.3 Å². The molecule has 0 saturated heterocycles. The van der Waals surface area contributed by atoms with E-state index in [-0.39, 0.29) is 6.10 Å². The first-order chi connectivity index (χ1) is 13.3. The molecule has 0 spiro atoms. The second kappa shape index (κ2) is 7.90. The van der Waals surface area contributed by atoms with E-state index in [1.165, 1.54) is 64.2 Å². The molecule has 0 unspecified atom stereocenters. The smallest absolute Gasteiger partial charge is 0.0543 e. The van der Waals surface area contributed by atoms with E-state index in [1.54, 1.807) is 0 Å². The minimum absolute atomic E-state index is 0.00688. The molecule has 9 atom stereocenters. The summed E-state index contributed by atoms with van der Waals surface area (Å²) in [5.74, 6) is 6.48. The van der Waals surface area contributed by atoms with E-state index < -0.39 is 0 Å². The molecule has 0 amide bonds. The summed E-state index contributed by atoms with van der Waals surface area (Å²) < 4.78 is 0. The third-order valence-corrected chi connectivity index (χ3v) is 11.2. The second-order valence-corrected chi connectivity index (χ2v) is 12.6. The lowest BCUT2D eigenvalue weighted by atomic mass is 9.44. The van der Waals surface area contributed by atoms with Gasteiger partial charge in [0.1, 0.15) is 0 Å². The van der Waals surface area contributed by atoms with Crippen LogP contribution in [0, 0.1) is 52.3 Å². The van der Waals surface area contributed by atoms with Crippen molar-refractivity contribution in [3.63, 3.8) is 0 Å².